The van der Waals surface area contributed by atoms with E-state index in [2.05, 4.69) is 31.0 Å². The van der Waals surface area contributed by atoms with Crippen LogP contribution in [0.4, 0.5) is 0 Å². The summed E-state index contributed by atoms with van der Waals surface area (Å²) in [6.45, 7) is 1.34. The normalized spacial score (nSPS) is 12.1. The molecule has 1 aromatic heterocycles. The Hall–Kier alpha value is -0.940. The number of carbonyl (C=O) groups excluding carboxylic acids is 1. The Labute approximate surface area is 104 Å². The van der Waals surface area contributed by atoms with E-state index in [-0.39, 0.29) is 10.8 Å². The molecule has 1 heterocycles. The largest absolute Gasteiger partial charge is 0.468 e. The second-order valence-electron chi connectivity index (χ2n) is 3.27. The number of hydrogen-bond acceptors (Lipinski definition) is 4. The molecule has 0 spiro atoms. The number of ether oxygens (including phenoxy) is 1. The summed E-state index contributed by atoms with van der Waals surface area (Å²) in [4.78, 5) is 15.0. The SMILES string of the molecule is COC(=O)C(Br)CNCCc1ccccn1. The molecule has 0 fully saturated rings. The third-order valence-corrected chi connectivity index (χ3v) is 2.76. The number of methoxy groups -OCH3 is 1. The van der Waals surface area contributed by atoms with Crippen LogP contribution in [0.1, 0.15) is 5.69 Å². The van der Waals surface area contributed by atoms with Gasteiger partial charge in [-0.1, -0.05) is 22.0 Å². The third-order valence-electron chi connectivity index (χ3n) is 2.06. The fourth-order valence-corrected chi connectivity index (χ4v) is 1.62. The predicted molar refractivity (Wildman–Crippen MR) is 65.5 cm³/mol. The van der Waals surface area contributed by atoms with Crippen molar-refractivity contribution >= 4 is 21.9 Å². The van der Waals surface area contributed by atoms with Crippen molar-refractivity contribution in [3.63, 3.8) is 0 Å². The smallest absolute Gasteiger partial charge is 0.320 e. The van der Waals surface area contributed by atoms with Gasteiger partial charge in [0.2, 0.25) is 0 Å². The third kappa shape index (κ3) is 4.72. The van der Waals surface area contributed by atoms with Gasteiger partial charge in [-0.05, 0) is 12.1 Å². The van der Waals surface area contributed by atoms with Crippen LogP contribution in [0.15, 0.2) is 24.4 Å². The maximum Gasteiger partial charge on any atom is 0.320 e. The molecule has 1 N–H and O–H groups in total. The van der Waals surface area contributed by atoms with E-state index in [9.17, 15) is 4.79 Å². The highest BCUT2D eigenvalue weighted by atomic mass is 79.9. The highest BCUT2D eigenvalue weighted by molar-refractivity contribution is 9.10. The molecule has 0 radical (unpaired) electrons. The first-order valence-electron chi connectivity index (χ1n) is 5.06. The lowest BCUT2D eigenvalue weighted by molar-refractivity contribution is -0.139. The molecule has 5 heteroatoms. The molecule has 1 rings (SSSR count). The summed E-state index contributed by atoms with van der Waals surface area (Å²) < 4.78 is 4.59. The molecule has 0 aliphatic carbocycles. The molecule has 0 aliphatic heterocycles. The van der Waals surface area contributed by atoms with E-state index in [1.807, 2.05) is 18.2 Å². The standard InChI is InChI=1S/C11H15BrN2O2/c1-16-11(15)10(12)8-13-7-5-9-4-2-3-6-14-9/h2-4,6,10,13H,5,7-8H2,1H3. The zero-order valence-corrected chi connectivity index (χ0v) is 10.7. The van der Waals surface area contributed by atoms with Gasteiger partial charge in [-0.3, -0.25) is 9.78 Å². The maximum atomic E-state index is 11.1. The van der Waals surface area contributed by atoms with Gasteiger partial charge < -0.3 is 10.1 Å². The van der Waals surface area contributed by atoms with Crippen molar-refractivity contribution in [2.45, 2.75) is 11.2 Å². The van der Waals surface area contributed by atoms with Gasteiger partial charge in [0.15, 0.2) is 0 Å². The average molecular weight is 287 g/mol. The van der Waals surface area contributed by atoms with Crippen LogP contribution in [-0.4, -0.2) is 36.0 Å². The summed E-state index contributed by atoms with van der Waals surface area (Å²) in [5.41, 5.74) is 1.04. The van der Waals surface area contributed by atoms with E-state index in [4.69, 9.17) is 0 Å². The summed E-state index contributed by atoms with van der Waals surface area (Å²) in [5.74, 6) is -0.259. The van der Waals surface area contributed by atoms with Crippen molar-refractivity contribution in [3.05, 3.63) is 30.1 Å². The molecular formula is C11H15BrN2O2. The summed E-state index contributed by atoms with van der Waals surface area (Å²) in [7, 11) is 1.38. The number of carbonyl (C=O) groups is 1. The molecule has 0 aromatic carbocycles. The zero-order valence-electron chi connectivity index (χ0n) is 9.15. The minimum atomic E-state index is -0.291. The number of pyridine rings is 1. The number of aromatic nitrogens is 1. The number of alkyl halides is 1. The first kappa shape index (κ1) is 13.1. The molecule has 0 saturated carbocycles. The number of halogens is 1. The quantitative estimate of drug-likeness (QED) is 0.484. The van der Waals surface area contributed by atoms with Crippen LogP contribution < -0.4 is 5.32 Å². The van der Waals surface area contributed by atoms with Crippen LogP contribution in [0.5, 0.6) is 0 Å². The van der Waals surface area contributed by atoms with Crippen molar-refractivity contribution in [1.82, 2.24) is 10.3 Å². The Balaban J connectivity index is 2.15. The Morgan fingerprint density at radius 2 is 2.44 bits per heavy atom. The molecule has 0 saturated heterocycles. The van der Waals surface area contributed by atoms with E-state index in [0.717, 1.165) is 18.7 Å². The highest BCUT2D eigenvalue weighted by Crippen LogP contribution is 2.00. The molecule has 1 unspecified atom stereocenters. The number of esters is 1. The van der Waals surface area contributed by atoms with Crippen molar-refractivity contribution < 1.29 is 9.53 Å². The maximum absolute atomic E-state index is 11.1. The Bertz CT molecular complexity index is 319. The summed E-state index contributed by atoms with van der Waals surface area (Å²) in [5, 5.41) is 3.16. The van der Waals surface area contributed by atoms with Gasteiger partial charge in [0.1, 0.15) is 4.83 Å². The molecule has 1 aromatic rings. The fourth-order valence-electron chi connectivity index (χ4n) is 1.20. The topological polar surface area (TPSA) is 51.2 Å². The van der Waals surface area contributed by atoms with Gasteiger partial charge in [0.05, 0.1) is 7.11 Å². The molecule has 88 valence electrons. The van der Waals surface area contributed by atoms with Crippen molar-refractivity contribution in [2.75, 3.05) is 20.2 Å². The van der Waals surface area contributed by atoms with Crippen molar-refractivity contribution in [3.8, 4) is 0 Å². The van der Waals surface area contributed by atoms with Crippen molar-refractivity contribution in [1.29, 1.82) is 0 Å². The van der Waals surface area contributed by atoms with Gasteiger partial charge in [0.25, 0.3) is 0 Å². The molecule has 0 aliphatic rings. The second kappa shape index (κ2) is 7.35. The summed E-state index contributed by atoms with van der Waals surface area (Å²) in [6.07, 6.45) is 2.62. The monoisotopic (exact) mass is 286 g/mol. The minimum Gasteiger partial charge on any atom is -0.468 e. The lowest BCUT2D eigenvalue weighted by Gasteiger charge is -2.08. The molecule has 0 amide bonds. The minimum absolute atomic E-state index is 0.259. The number of hydrogen-bond donors (Lipinski definition) is 1. The molecule has 4 nitrogen and oxygen atoms in total. The van der Waals surface area contributed by atoms with Gasteiger partial charge in [0, 0.05) is 31.4 Å². The zero-order chi connectivity index (χ0) is 11.8. The van der Waals surface area contributed by atoms with Crippen molar-refractivity contribution in [2.24, 2.45) is 0 Å². The van der Waals surface area contributed by atoms with Crippen LogP contribution in [0.2, 0.25) is 0 Å². The van der Waals surface area contributed by atoms with Crippen LogP contribution >= 0.6 is 15.9 Å². The second-order valence-corrected chi connectivity index (χ2v) is 4.37. The number of rotatable bonds is 6. The van der Waals surface area contributed by atoms with Crippen LogP contribution in [-0.2, 0) is 16.0 Å². The first-order chi connectivity index (χ1) is 7.74. The summed E-state index contributed by atoms with van der Waals surface area (Å²) >= 11 is 3.24. The number of nitrogens with zero attached hydrogens (tertiary/aromatic N) is 1. The Kier molecular flexibility index (Phi) is 6.03. The van der Waals surface area contributed by atoms with Crippen LogP contribution in [0.25, 0.3) is 0 Å². The fraction of sp³-hybridized carbons (Fsp3) is 0.455. The Morgan fingerprint density at radius 1 is 1.62 bits per heavy atom. The van der Waals surface area contributed by atoms with E-state index in [1.165, 1.54) is 7.11 Å². The van der Waals surface area contributed by atoms with E-state index in [1.54, 1.807) is 6.20 Å². The molecule has 16 heavy (non-hydrogen) atoms. The first-order valence-corrected chi connectivity index (χ1v) is 5.98. The molecular weight excluding hydrogens is 272 g/mol. The van der Waals surface area contributed by atoms with Gasteiger partial charge in [-0.25, -0.2) is 0 Å². The molecule has 0 bridgehead atoms. The van der Waals surface area contributed by atoms with Gasteiger partial charge in [-0.2, -0.15) is 0 Å². The lowest BCUT2D eigenvalue weighted by Crippen LogP contribution is -2.31. The van der Waals surface area contributed by atoms with E-state index in [0.29, 0.717) is 6.54 Å². The van der Waals surface area contributed by atoms with Gasteiger partial charge in [-0.15, -0.1) is 0 Å². The predicted octanol–water partition coefficient (Wildman–Crippen LogP) is 1.15. The highest BCUT2D eigenvalue weighted by Gasteiger charge is 2.13. The van der Waals surface area contributed by atoms with Gasteiger partial charge >= 0.3 is 5.97 Å². The number of nitrogens with one attached hydrogen (secondary N) is 1. The van der Waals surface area contributed by atoms with Crippen LogP contribution in [0.3, 0.4) is 0 Å². The van der Waals surface area contributed by atoms with E-state index >= 15 is 0 Å². The average Bonchev–Trinajstić information content (AvgIpc) is 2.34. The Morgan fingerprint density at radius 3 is 3.06 bits per heavy atom. The lowest BCUT2D eigenvalue weighted by atomic mass is 10.2. The molecule has 1 atom stereocenters. The van der Waals surface area contributed by atoms with E-state index < -0.39 is 0 Å². The van der Waals surface area contributed by atoms with Crippen LogP contribution in [0, 0.1) is 0 Å². The summed E-state index contributed by atoms with van der Waals surface area (Å²) in [6, 6.07) is 5.83.